The molecule has 0 N–H and O–H groups in total. The standard InChI is InChI=1S/C12H6F5/c13-11(14,12(15,16)17)10-6-5-8-3-1-2-4-9(8)7-10/h1-2,4-7H. The number of halogens is 5. The molecule has 0 nitrogen and oxygen atoms in total. The van der Waals surface area contributed by atoms with Crippen molar-refractivity contribution in [3.8, 4) is 0 Å². The summed E-state index contributed by atoms with van der Waals surface area (Å²) in [4.78, 5) is 0. The first-order valence-electron chi connectivity index (χ1n) is 4.68. The van der Waals surface area contributed by atoms with Gasteiger partial charge in [0.05, 0.1) is 0 Å². The highest BCUT2D eigenvalue weighted by molar-refractivity contribution is 5.82. The molecule has 0 bridgehead atoms. The minimum atomic E-state index is -5.58. The van der Waals surface area contributed by atoms with E-state index in [1.165, 1.54) is 18.2 Å². The van der Waals surface area contributed by atoms with Crippen molar-refractivity contribution in [3.63, 3.8) is 0 Å². The monoisotopic (exact) mass is 245 g/mol. The van der Waals surface area contributed by atoms with E-state index in [0.29, 0.717) is 10.8 Å². The molecule has 0 fully saturated rings. The molecule has 5 heteroatoms. The fourth-order valence-corrected chi connectivity index (χ4v) is 1.48. The van der Waals surface area contributed by atoms with Gasteiger partial charge in [0.2, 0.25) is 0 Å². The SMILES string of the molecule is FC(F)(F)C(F)(F)c1ccc2[c]cccc2c1. The van der Waals surface area contributed by atoms with E-state index in [1.54, 1.807) is 6.07 Å². The van der Waals surface area contributed by atoms with Crippen LogP contribution in [-0.2, 0) is 5.92 Å². The Morgan fingerprint density at radius 2 is 1.65 bits per heavy atom. The maximum absolute atomic E-state index is 13.1. The summed E-state index contributed by atoms with van der Waals surface area (Å²) >= 11 is 0. The summed E-state index contributed by atoms with van der Waals surface area (Å²) in [6.45, 7) is 0. The smallest absolute Gasteiger partial charge is 0.191 e. The molecule has 0 aliphatic carbocycles. The van der Waals surface area contributed by atoms with Crippen molar-refractivity contribution >= 4 is 10.8 Å². The number of alkyl halides is 5. The minimum Gasteiger partial charge on any atom is -0.191 e. The van der Waals surface area contributed by atoms with Crippen LogP contribution in [0.1, 0.15) is 5.56 Å². The highest BCUT2D eigenvalue weighted by Crippen LogP contribution is 2.44. The molecular formula is C12H6F5. The molecule has 2 aromatic carbocycles. The first kappa shape index (κ1) is 11.8. The van der Waals surface area contributed by atoms with Gasteiger partial charge in [0.15, 0.2) is 0 Å². The maximum Gasteiger partial charge on any atom is 0.458 e. The van der Waals surface area contributed by atoms with E-state index in [1.807, 2.05) is 0 Å². The lowest BCUT2D eigenvalue weighted by Crippen LogP contribution is -2.33. The Kier molecular flexibility index (Phi) is 2.56. The second-order valence-electron chi connectivity index (χ2n) is 3.54. The van der Waals surface area contributed by atoms with Crippen LogP contribution in [0.15, 0.2) is 36.4 Å². The molecule has 0 aliphatic heterocycles. The molecule has 0 saturated heterocycles. The van der Waals surface area contributed by atoms with Crippen LogP contribution in [0.25, 0.3) is 10.8 Å². The predicted molar refractivity (Wildman–Crippen MR) is 52.7 cm³/mol. The van der Waals surface area contributed by atoms with Crippen LogP contribution >= 0.6 is 0 Å². The van der Waals surface area contributed by atoms with Crippen molar-refractivity contribution < 1.29 is 22.0 Å². The van der Waals surface area contributed by atoms with Crippen molar-refractivity contribution in [2.75, 3.05) is 0 Å². The quantitative estimate of drug-likeness (QED) is 0.657. The van der Waals surface area contributed by atoms with Crippen molar-refractivity contribution in [1.82, 2.24) is 0 Å². The molecule has 89 valence electrons. The topological polar surface area (TPSA) is 0 Å². The van der Waals surface area contributed by atoms with Crippen molar-refractivity contribution in [3.05, 3.63) is 48.0 Å². The molecular weight excluding hydrogens is 239 g/mol. The second kappa shape index (κ2) is 3.68. The Labute approximate surface area is 93.7 Å². The largest absolute Gasteiger partial charge is 0.458 e. The van der Waals surface area contributed by atoms with Crippen LogP contribution in [0.4, 0.5) is 22.0 Å². The summed E-state index contributed by atoms with van der Waals surface area (Å²) in [5, 5.41) is 0.795. The van der Waals surface area contributed by atoms with Gasteiger partial charge in [-0.1, -0.05) is 30.3 Å². The van der Waals surface area contributed by atoms with Gasteiger partial charge in [-0.25, -0.2) is 0 Å². The van der Waals surface area contributed by atoms with Crippen molar-refractivity contribution in [2.45, 2.75) is 12.1 Å². The van der Waals surface area contributed by atoms with E-state index in [0.717, 1.165) is 12.1 Å². The van der Waals surface area contributed by atoms with E-state index in [2.05, 4.69) is 6.07 Å². The van der Waals surface area contributed by atoms with Gasteiger partial charge in [0, 0.05) is 5.56 Å². The van der Waals surface area contributed by atoms with Crippen molar-refractivity contribution in [2.24, 2.45) is 0 Å². The molecule has 0 saturated carbocycles. The lowest BCUT2D eigenvalue weighted by atomic mass is 10.0. The van der Waals surface area contributed by atoms with Gasteiger partial charge in [-0.2, -0.15) is 22.0 Å². The summed E-state index contributed by atoms with van der Waals surface area (Å²) in [6.07, 6.45) is -5.58. The van der Waals surface area contributed by atoms with E-state index >= 15 is 0 Å². The molecule has 0 aromatic heterocycles. The van der Waals surface area contributed by atoms with Crippen LogP contribution in [-0.4, -0.2) is 6.18 Å². The van der Waals surface area contributed by atoms with Gasteiger partial charge < -0.3 is 0 Å². The molecule has 0 heterocycles. The first-order chi connectivity index (χ1) is 7.82. The number of hydrogen-bond donors (Lipinski definition) is 0. The zero-order valence-corrected chi connectivity index (χ0v) is 8.35. The number of rotatable bonds is 1. The van der Waals surface area contributed by atoms with E-state index < -0.39 is 17.7 Å². The van der Waals surface area contributed by atoms with E-state index in [4.69, 9.17) is 0 Å². The van der Waals surface area contributed by atoms with Gasteiger partial charge >= 0.3 is 12.1 Å². The molecule has 1 radical (unpaired) electrons. The minimum absolute atomic E-state index is 0.300. The third kappa shape index (κ3) is 1.97. The summed E-state index contributed by atoms with van der Waals surface area (Å²) < 4.78 is 62.6. The van der Waals surface area contributed by atoms with Gasteiger partial charge in [-0.3, -0.25) is 0 Å². The summed E-state index contributed by atoms with van der Waals surface area (Å²) in [7, 11) is 0. The summed E-state index contributed by atoms with van der Waals surface area (Å²) in [5.41, 5.74) is -1.06. The molecule has 2 aromatic rings. The van der Waals surface area contributed by atoms with Crippen LogP contribution in [0.5, 0.6) is 0 Å². The molecule has 0 spiro atoms. The highest BCUT2D eigenvalue weighted by Gasteiger charge is 2.58. The lowest BCUT2D eigenvalue weighted by molar-refractivity contribution is -0.289. The summed E-state index contributed by atoms with van der Waals surface area (Å²) in [6, 6.07) is 10.1. The molecule has 2 rings (SSSR count). The molecule has 0 atom stereocenters. The Bertz CT molecular complexity index is 542. The van der Waals surface area contributed by atoms with Crippen molar-refractivity contribution in [1.29, 1.82) is 0 Å². The van der Waals surface area contributed by atoms with Gasteiger partial charge in [-0.05, 0) is 22.9 Å². The maximum atomic E-state index is 13.1. The third-order valence-corrected chi connectivity index (χ3v) is 2.38. The first-order valence-corrected chi connectivity index (χ1v) is 4.68. The molecule has 0 aliphatic rings. The van der Waals surface area contributed by atoms with Crippen LogP contribution in [0.3, 0.4) is 0 Å². The molecule has 0 amide bonds. The van der Waals surface area contributed by atoms with Gasteiger partial charge in [0.1, 0.15) is 0 Å². The lowest BCUT2D eigenvalue weighted by Gasteiger charge is -2.20. The highest BCUT2D eigenvalue weighted by atomic mass is 19.4. The molecule has 0 unspecified atom stereocenters. The summed E-state index contributed by atoms with van der Waals surface area (Å²) in [5.74, 6) is -4.84. The second-order valence-corrected chi connectivity index (χ2v) is 3.54. The van der Waals surface area contributed by atoms with Crippen LogP contribution in [0.2, 0.25) is 0 Å². The number of hydrogen-bond acceptors (Lipinski definition) is 0. The van der Waals surface area contributed by atoms with Crippen LogP contribution in [0, 0.1) is 6.07 Å². The number of benzene rings is 2. The zero-order chi connectivity index (χ0) is 12.7. The zero-order valence-electron chi connectivity index (χ0n) is 8.35. The fourth-order valence-electron chi connectivity index (χ4n) is 1.48. The predicted octanol–water partition coefficient (Wildman–Crippen LogP) is 4.29. The average molecular weight is 245 g/mol. The average Bonchev–Trinajstić information content (AvgIpc) is 2.27. The Morgan fingerprint density at radius 3 is 2.29 bits per heavy atom. The fraction of sp³-hybridized carbons (Fsp3) is 0.167. The Morgan fingerprint density at radius 1 is 0.941 bits per heavy atom. The Balaban J connectivity index is 2.57. The normalized spacial score (nSPS) is 13.0. The van der Waals surface area contributed by atoms with E-state index in [-0.39, 0.29) is 0 Å². The third-order valence-electron chi connectivity index (χ3n) is 2.38. The number of fused-ring (bicyclic) bond motifs is 1. The van der Waals surface area contributed by atoms with E-state index in [9.17, 15) is 22.0 Å². The van der Waals surface area contributed by atoms with Crippen LogP contribution < -0.4 is 0 Å². The van der Waals surface area contributed by atoms with Gasteiger partial charge in [-0.15, -0.1) is 0 Å². The Hall–Kier alpha value is -1.65. The van der Waals surface area contributed by atoms with Gasteiger partial charge in [0.25, 0.3) is 0 Å². The molecule has 17 heavy (non-hydrogen) atoms.